The summed E-state index contributed by atoms with van der Waals surface area (Å²) in [5.74, 6) is -0.129. The SMILES string of the molecule is CN(c1ccc(CCN)cc1F)C1CC1. The zero-order valence-electron chi connectivity index (χ0n) is 9.04. The summed E-state index contributed by atoms with van der Waals surface area (Å²) >= 11 is 0. The molecule has 1 aromatic carbocycles. The van der Waals surface area contributed by atoms with Gasteiger partial charge < -0.3 is 10.6 Å². The molecule has 0 atom stereocenters. The Bertz CT molecular complexity index is 347. The van der Waals surface area contributed by atoms with Crippen LogP contribution in [0, 0.1) is 5.82 Å². The Morgan fingerprint density at radius 3 is 2.73 bits per heavy atom. The second kappa shape index (κ2) is 4.19. The molecule has 0 bridgehead atoms. The lowest BCUT2D eigenvalue weighted by Gasteiger charge is -2.19. The molecule has 2 rings (SSSR count). The molecule has 0 saturated heterocycles. The zero-order valence-corrected chi connectivity index (χ0v) is 9.04. The molecule has 2 nitrogen and oxygen atoms in total. The van der Waals surface area contributed by atoms with Gasteiger partial charge in [0.1, 0.15) is 5.82 Å². The lowest BCUT2D eigenvalue weighted by Crippen LogP contribution is -2.20. The summed E-state index contributed by atoms with van der Waals surface area (Å²) < 4.78 is 13.7. The van der Waals surface area contributed by atoms with Crippen LogP contribution in [0.15, 0.2) is 18.2 Å². The van der Waals surface area contributed by atoms with Crippen molar-refractivity contribution in [3.05, 3.63) is 29.6 Å². The van der Waals surface area contributed by atoms with Crippen molar-refractivity contribution in [2.24, 2.45) is 5.73 Å². The second-order valence-corrected chi connectivity index (χ2v) is 4.17. The largest absolute Gasteiger partial charge is 0.369 e. The second-order valence-electron chi connectivity index (χ2n) is 4.17. The van der Waals surface area contributed by atoms with Gasteiger partial charge in [-0.3, -0.25) is 0 Å². The monoisotopic (exact) mass is 208 g/mol. The third kappa shape index (κ3) is 2.29. The quantitative estimate of drug-likeness (QED) is 0.819. The van der Waals surface area contributed by atoms with Gasteiger partial charge in [-0.25, -0.2) is 4.39 Å². The van der Waals surface area contributed by atoms with Crippen LogP contribution in [0.5, 0.6) is 0 Å². The molecule has 0 unspecified atom stereocenters. The Labute approximate surface area is 89.9 Å². The number of nitrogens with zero attached hydrogens (tertiary/aromatic N) is 1. The van der Waals surface area contributed by atoms with Crippen LogP contribution in [0.4, 0.5) is 10.1 Å². The van der Waals surface area contributed by atoms with E-state index in [1.54, 1.807) is 6.07 Å². The number of hydrogen-bond acceptors (Lipinski definition) is 2. The predicted octanol–water partition coefficient (Wildman–Crippen LogP) is 1.93. The molecule has 3 heteroatoms. The third-order valence-electron chi connectivity index (χ3n) is 2.92. The number of anilines is 1. The highest BCUT2D eigenvalue weighted by molar-refractivity contribution is 5.50. The van der Waals surface area contributed by atoms with Gasteiger partial charge in [-0.1, -0.05) is 6.07 Å². The van der Waals surface area contributed by atoms with Crippen molar-refractivity contribution in [2.75, 3.05) is 18.5 Å². The molecule has 2 N–H and O–H groups in total. The van der Waals surface area contributed by atoms with Crippen LogP contribution in [-0.4, -0.2) is 19.6 Å². The number of halogens is 1. The molecule has 15 heavy (non-hydrogen) atoms. The summed E-state index contributed by atoms with van der Waals surface area (Å²) in [7, 11) is 1.96. The van der Waals surface area contributed by atoms with E-state index >= 15 is 0 Å². The Morgan fingerprint density at radius 2 is 2.20 bits per heavy atom. The van der Waals surface area contributed by atoms with E-state index in [0.29, 0.717) is 18.3 Å². The molecule has 0 spiro atoms. The van der Waals surface area contributed by atoms with Gasteiger partial charge in [-0.05, 0) is 43.5 Å². The van der Waals surface area contributed by atoms with Crippen molar-refractivity contribution in [1.82, 2.24) is 0 Å². The van der Waals surface area contributed by atoms with Crippen molar-refractivity contribution < 1.29 is 4.39 Å². The molecular weight excluding hydrogens is 191 g/mol. The van der Waals surface area contributed by atoms with Crippen LogP contribution in [-0.2, 0) is 6.42 Å². The molecule has 0 heterocycles. The zero-order chi connectivity index (χ0) is 10.8. The standard InChI is InChI=1S/C12H17FN2/c1-15(10-3-4-10)12-5-2-9(6-7-14)8-11(12)13/h2,5,8,10H,3-4,6-7,14H2,1H3. The number of hydrogen-bond donors (Lipinski definition) is 1. The minimum atomic E-state index is -0.129. The van der Waals surface area contributed by atoms with Gasteiger partial charge in [-0.2, -0.15) is 0 Å². The summed E-state index contributed by atoms with van der Waals surface area (Å²) in [4.78, 5) is 2.03. The number of benzene rings is 1. The summed E-state index contributed by atoms with van der Waals surface area (Å²) in [6, 6.07) is 5.96. The molecule has 0 amide bonds. The van der Waals surface area contributed by atoms with E-state index in [1.807, 2.05) is 24.1 Å². The van der Waals surface area contributed by atoms with Crippen LogP contribution in [0.1, 0.15) is 18.4 Å². The minimum absolute atomic E-state index is 0.129. The topological polar surface area (TPSA) is 29.3 Å². The number of rotatable bonds is 4. The maximum absolute atomic E-state index is 13.7. The van der Waals surface area contributed by atoms with Crippen molar-refractivity contribution >= 4 is 5.69 Å². The smallest absolute Gasteiger partial charge is 0.146 e. The first-order valence-electron chi connectivity index (χ1n) is 5.43. The fourth-order valence-electron chi connectivity index (χ4n) is 1.82. The van der Waals surface area contributed by atoms with Crippen molar-refractivity contribution in [2.45, 2.75) is 25.3 Å². The van der Waals surface area contributed by atoms with Gasteiger partial charge in [0.25, 0.3) is 0 Å². The van der Waals surface area contributed by atoms with E-state index in [9.17, 15) is 4.39 Å². The third-order valence-corrected chi connectivity index (χ3v) is 2.92. The van der Waals surface area contributed by atoms with Crippen LogP contribution < -0.4 is 10.6 Å². The minimum Gasteiger partial charge on any atom is -0.369 e. The van der Waals surface area contributed by atoms with Gasteiger partial charge in [0.15, 0.2) is 0 Å². The average molecular weight is 208 g/mol. The molecule has 0 aromatic heterocycles. The average Bonchev–Trinajstić information content (AvgIpc) is 3.01. The molecule has 82 valence electrons. The highest BCUT2D eigenvalue weighted by Gasteiger charge is 2.27. The Morgan fingerprint density at radius 1 is 1.47 bits per heavy atom. The van der Waals surface area contributed by atoms with Crippen LogP contribution >= 0.6 is 0 Å². The van der Waals surface area contributed by atoms with Crippen LogP contribution in [0.25, 0.3) is 0 Å². The highest BCUT2D eigenvalue weighted by Crippen LogP contribution is 2.31. The lowest BCUT2D eigenvalue weighted by molar-refractivity contribution is 0.619. The lowest BCUT2D eigenvalue weighted by atomic mass is 10.1. The van der Waals surface area contributed by atoms with Gasteiger partial charge in [-0.15, -0.1) is 0 Å². The first-order chi connectivity index (χ1) is 7.22. The van der Waals surface area contributed by atoms with Crippen molar-refractivity contribution in [3.63, 3.8) is 0 Å². The molecule has 0 radical (unpaired) electrons. The summed E-state index contributed by atoms with van der Waals surface area (Å²) in [5, 5.41) is 0. The maximum atomic E-state index is 13.7. The molecule has 1 aliphatic rings. The van der Waals surface area contributed by atoms with E-state index < -0.39 is 0 Å². The maximum Gasteiger partial charge on any atom is 0.146 e. The Balaban J connectivity index is 2.17. The molecule has 0 aliphatic heterocycles. The summed E-state index contributed by atoms with van der Waals surface area (Å²) in [6.07, 6.45) is 3.10. The van der Waals surface area contributed by atoms with Gasteiger partial charge in [0.05, 0.1) is 5.69 Å². The summed E-state index contributed by atoms with van der Waals surface area (Å²) in [6.45, 7) is 0.567. The normalized spacial score (nSPS) is 15.4. The van der Waals surface area contributed by atoms with E-state index in [4.69, 9.17) is 5.73 Å². The van der Waals surface area contributed by atoms with Gasteiger partial charge >= 0.3 is 0 Å². The van der Waals surface area contributed by atoms with E-state index in [0.717, 1.165) is 12.0 Å². The predicted molar refractivity (Wildman–Crippen MR) is 60.6 cm³/mol. The molecular formula is C12H17FN2. The molecule has 1 aromatic rings. The summed E-state index contributed by atoms with van der Waals surface area (Å²) in [5.41, 5.74) is 7.12. The highest BCUT2D eigenvalue weighted by atomic mass is 19.1. The van der Waals surface area contributed by atoms with E-state index in [-0.39, 0.29) is 5.82 Å². The first kappa shape index (κ1) is 10.4. The molecule has 1 saturated carbocycles. The van der Waals surface area contributed by atoms with Crippen molar-refractivity contribution in [3.8, 4) is 0 Å². The fourth-order valence-corrected chi connectivity index (χ4v) is 1.82. The molecule has 1 aliphatic carbocycles. The van der Waals surface area contributed by atoms with E-state index in [2.05, 4.69) is 0 Å². The first-order valence-corrected chi connectivity index (χ1v) is 5.43. The number of nitrogens with two attached hydrogens (primary N) is 1. The van der Waals surface area contributed by atoms with Crippen LogP contribution in [0.2, 0.25) is 0 Å². The van der Waals surface area contributed by atoms with Gasteiger partial charge in [0.2, 0.25) is 0 Å². The van der Waals surface area contributed by atoms with E-state index in [1.165, 1.54) is 12.8 Å². The van der Waals surface area contributed by atoms with Crippen LogP contribution in [0.3, 0.4) is 0 Å². The fraction of sp³-hybridized carbons (Fsp3) is 0.500. The Kier molecular flexibility index (Phi) is 2.91. The Hall–Kier alpha value is -1.09. The van der Waals surface area contributed by atoms with Gasteiger partial charge in [0, 0.05) is 13.1 Å². The van der Waals surface area contributed by atoms with Crippen molar-refractivity contribution in [1.29, 1.82) is 0 Å². The molecule has 1 fully saturated rings.